The number of hydrogen-bond acceptors (Lipinski definition) is 5. The minimum absolute atomic E-state index is 0.0695. The normalized spacial score (nSPS) is 23.2. The Bertz CT molecular complexity index is 523. The third-order valence-electron chi connectivity index (χ3n) is 3.34. The van der Waals surface area contributed by atoms with Crippen molar-refractivity contribution in [3.63, 3.8) is 0 Å². The van der Waals surface area contributed by atoms with Gasteiger partial charge in [0.25, 0.3) is 5.91 Å². The zero-order valence-corrected chi connectivity index (χ0v) is 10.3. The van der Waals surface area contributed by atoms with Crippen LogP contribution in [-0.4, -0.2) is 50.5 Å². The second kappa shape index (κ2) is 4.79. The smallest absolute Gasteiger partial charge is 0.270 e. The van der Waals surface area contributed by atoms with Gasteiger partial charge in [0, 0.05) is 13.1 Å². The fraction of sp³-hybridized carbons (Fsp3) is 0.545. The molecule has 1 unspecified atom stereocenters. The maximum atomic E-state index is 12.2. The first-order valence-electron chi connectivity index (χ1n) is 6.24. The lowest BCUT2D eigenvalue weighted by atomic mass is 10.1. The van der Waals surface area contributed by atoms with E-state index in [1.807, 2.05) is 0 Å². The van der Waals surface area contributed by atoms with Crippen LogP contribution in [0.15, 0.2) is 17.5 Å². The van der Waals surface area contributed by atoms with Crippen LogP contribution < -0.4 is 5.43 Å². The van der Waals surface area contributed by atoms with Crippen LogP contribution in [0.2, 0.25) is 0 Å². The van der Waals surface area contributed by atoms with Gasteiger partial charge in [0.2, 0.25) is 5.91 Å². The molecule has 1 saturated heterocycles. The third-order valence-corrected chi connectivity index (χ3v) is 3.34. The van der Waals surface area contributed by atoms with Crippen molar-refractivity contribution >= 4 is 17.5 Å². The molecule has 2 aliphatic rings. The van der Waals surface area contributed by atoms with Crippen LogP contribution in [0.5, 0.6) is 0 Å². The van der Waals surface area contributed by atoms with E-state index in [0.717, 1.165) is 12.8 Å². The lowest BCUT2D eigenvalue weighted by molar-refractivity contribution is -0.126. The SMILES string of the molecule is O=C1CC(C(=O)N2CCCC(n3nccn3)C2)=NN1. The highest BCUT2D eigenvalue weighted by atomic mass is 16.2. The molecule has 3 rings (SSSR count). The summed E-state index contributed by atoms with van der Waals surface area (Å²) in [6.45, 7) is 1.24. The predicted molar refractivity (Wildman–Crippen MR) is 65.1 cm³/mol. The zero-order chi connectivity index (χ0) is 13.2. The van der Waals surface area contributed by atoms with E-state index in [1.54, 1.807) is 22.1 Å². The van der Waals surface area contributed by atoms with E-state index in [0.29, 0.717) is 18.8 Å². The molecular weight excluding hydrogens is 248 g/mol. The van der Waals surface area contributed by atoms with Gasteiger partial charge < -0.3 is 4.90 Å². The fourth-order valence-electron chi connectivity index (χ4n) is 2.41. The summed E-state index contributed by atoms with van der Waals surface area (Å²) in [5, 5.41) is 12.0. The molecule has 1 aromatic rings. The predicted octanol–water partition coefficient (Wildman–Crippen LogP) is -0.682. The summed E-state index contributed by atoms with van der Waals surface area (Å²) >= 11 is 0. The average molecular weight is 262 g/mol. The molecule has 0 saturated carbocycles. The van der Waals surface area contributed by atoms with E-state index in [2.05, 4.69) is 20.7 Å². The highest BCUT2D eigenvalue weighted by molar-refractivity contribution is 6.43. The summed E-state index contributed by atoms with van der Waals surface area (Å²) in [5.41, 5.74) is 2.59. The highest BCUT2D eigenvalue weighted by Crippen LogP contribution is 2.20. The molecule has 0 bridgehead atoms. The molecule has 8 nitrogen and oxygen atoms in total. The molecule has 2 aliphatic heterocycles. The number of likely N-dealkylation sites (tertiary alicyclic amines) is 1. The molecule has 0 radical (unpaired) electrons. The number of amides is 2. The summed E-state index contributed by atoms with van der Waals surface area (Å²) in [6.07, 6.45) is 5.17. The molecule has 19 heavy (non-hydrogen) atoms. The first-order valence-corrected chi connectivity index (χ1v) is 6.24. The van der Waals surface area contributed by atoms with Crippen molar-refractivity contribution in [3.8, 4) is 0 Å². The number of carbonyl (C=O) groups is 2. The average Bonchev–Trinajstić information content (AvgIpc) is 3.09. The van der Waals surface area contributed by atoms with Gasteiger partial charge in [-0.1, -0.05) is 0 Å². The van der Waals surface area contributed by atoms with E-state index < -0.39 is 0 Å². The Morgan fingerprint density at radius 1 is 1.37 bits per heavy atom. The van der Waals surface area contributed by atoms with Gasteiger partial charge in [0.15, 0.2) is 0 Å². The van der Waals surface area contributed by atoms with Crippen molar-refractivity contribution in [2.75, 3.05) is 13.1 Å². The van der Waals surface area contributed by atoms with E-state index >= 15 is 0 Å². The van der Waals surface area contributed by atoms with Crippen LogP contribution in [0, 0.1) is 0 Å². The summed E-state index contributed by atoms with van der Waals surface area (Å²) in [7, 11) is 0. The Morgan fingerprint density at radius 2 is 2.16 bits per heavy atom. The molecule has 100 valence electrons. The minimum atomic E-state index is -0.231. The Kier molecular flexibility index (Phi) is 2.98. The largest absolute Gasteiger partial charge is 0.335 e. The Balaban J connectivity index is 1.68. The van der Waals surface area contributed by atoms with E-state index in [-0.39, 0.29) is 24.3 Å². The molecule has 3 heterocycles. The number of nitrogens with zero attached hydrogens (tertiary/aromatic N) is 5. The maximum Gasteiger partial charge on any atom is 0.270 e. The molecule has 8 heteroatoms. The van der Waals surface area contributed by atoms with E-state index in [4.69, 9.17) is 0 Å². The number of rotatable bonds is 2. The molecule has 1 atom stereocenters. The lowest BCUT2D eigenvalue weighted by Crippen LogP contribution is -2.44. The van der Waals surface area contributed by atoms with E-state index in [1.165, 1.54) is 0 Å². The monoisotopic (exact) mass is 262 g/mol. The van der Waals surface area contributed by atoms with Gasteiger partial charge in [-0.05, 0) is 12.8 Å². The summed E-state index contributed by atoms with van der Waals surface area (Å²) in [6, 6.07) is 0.0957. The standard InChI is InChI=1S/C11H14N6O2/c18-10-6-9(14-15-10)11(19)16-5-1-2-8(7-16)17-12-3-4-13-17/h3-4,8H,1-2,5-7H2,(H,15,18). The van der Waals surface area contributed by atoms with Gasteiger partial charge in [0.1, 0.15) is 5.71 Å². The van der Waals surface area contributed by atoms with Crippen LogP contribution in [0.3, 0.4) is 0 Å². The van der Waals surface area contributed by atoms with Crippen LogP contribution >= 0.6 is 0 Å². The highest BCUT2D eigenvalue weighted by Gasteiger charge is 2.30. The van der Waals surface area contributed by atoms with Gasteiger partial charge >= 0.3 is 0 Å². The molecule has 0 spiro atoms. The van der Waals surface area contributed by atoms with Gasteiger partial charge in [-0.25, -0.2) is 5.43 Å². The van der Waals surface area contributed by atoms with Crippen LogP contribution in [0.4, 0.5) is 0 Å². The molecule has 1 fully saturated rings. The number of nitrogens with one attached hydrogen (secondary N) is 1. The molecule has 0 aliphatic carbocycles. The first-order chi connectivity index (χ1) is 9.24. The second-order valence-electron chi connectivity index (χ2n) is 4.67. The first kappa shape index (κ1) is 11.8. The Hall–Kier alpha value is -2.25. The van der Waals surface area contributed by atoms with Crippen molar-refractivity contribution in [2.24, 2.45) is 5.10 Å². The van der Waals surface area contributed by atoms with Gasteiger partial charge in [-0.3, -0.25) is 9.59 Å². The molecular formula is C11H14N6O2. The van der Waals surface area contributed by atoms with Gasteiger partial charge in [-0.2, -0.15) is 20.1 Å². The number of piperidine rings is 1. The molecule has 0 aromatic carbocycles. The van der Waals surface area contributed by atoms with Gasteiger partial charge in [-0.15, -0.1) is 0 Å². The maximum absolute atomic E-state index is 12.2. The third kappa shape index (κ3) is 2.33. The number of carbonyl (C=O) groups excluding carboxylic acids is 2. The minimum Gasteiger partial charge on any atom is -0.335 e. The van der Waals surface area contributed by atoms with E-state index in [9.17, 15) is 9.59 Å². The van der Waals surface area contributed by atoms with Crippen molar-refractivity contribution in [1.29, 1.82) is 0 Å². The summed E-state index contributed by atoms with van der Waals surface area (Å²) in [4.78, 5) is 26.6. The van der Waals surface area contributed by atoms with Crippen LogP contribution in [-0.2, 0) is 9.59 Å². The topological polar surface area (TPSA) is 92.5 Å². The van der Waals surface area contributed by atoms with Crippen molar-refractivity contribution in [1.82, 2.24) is 25.3 Å². The molecule has 1 N–H and O–H groups in total. The molecule has 2 amide bonds. The Labute approximate surface area is 109 Å². The Morgan fingerprint density at radius 3 is 2.84 bits per heavy atom. The molecule has 1 aromatic heterocycles. The number of hydrogen-bond donors (Lipinski definition) is 1. The van der Waals surface area contributed by atoms with Crippen LogP contribution in [0.25, 0.3) is 0 Å². The second-order valence-corrected chi connectivity index (χ2v) is 4.67. The number of hydrazone groups is 1. The fourth-order valence-corrected chi connectivity index (χ4v) is 2.41. The summed E-state index contributed by atoms with van der Waals surface area (Å²) in [5.74, 6) is -0.402. The van der Waals surface area contributed by atoms with Crippen LogP contribution in [0.1, 0.15) is 25.3 Å². The van der Waals surface area contributed by atoms with Crippen molar-refractivity contribution in [2.45, 2.75) is 25.3 Å². The van der Waals surface area contributed by atoms with Crippen molar-refractivity contribution < 1.29 is 9.59 Å². The van der Waals surface area contributed by atoms with Gasteiger partial charge in [0.05, 0.1) is 24.9 Å². The van der Waals surface area contributed by atoms with Crippen molar-refractivity contribution in [3.05, 3.63) is 12.4 Å². The number of aromatic nitrogens is 3. The zero-order valence-electron chi connectivity index (χ0n) is 10.3. The quantitative estimate of drug-likeness (QED) is 0.764. The summed E-state index contributed by atoms with van der Waals surface area (Å²) < 4.78 is 0. The lowest BCUT2D eigenvalue weighted by Gasteiger charge is -2.31.